The van der Waals surface area contributed by atoms with E-state index in [1.165, 1.54) is 12.1 Å². The number of anilines is 1. The molecule has 5 nitrogen and oxygen atoms in total. The van der Waals surface area contributed by atoms with Gasteiger partial charge in [-0.05, 0) is 68.7 Å². The van der Waals surface area contributed by atoms with Crippen molar-refractivity contribution in [3.8, 4) is 5.75 Å². The van der Waals surface area contributed by atoms with Crippen LogP contribution in [0, 0.1) is 0 Å². The maximum absolute atomic E-state index is 12.7. The van der Waals surface area contributed by atoms with Crippen molar-refractivity contribution in [3.05, 3.63) is 59.7 Å². The molecule has 0 aromatic heterocycles. The summed E-state index contributed by atoms with van der Waals surface area (Å²) in [5.41, 5.74) is -0.160. The van der Waals surface area contributed by atoms with Gasteiger partial charge < -0.3 is 19.8 Å². The normalized spacial score (nSPS) is 17.7. The number of halogens is 3. The zero-order valence-electron chi connectivity index (χ0n) is 19.3. The quantitative estimate of drug-likeness (QED) is 0.607. The zero-order chi connectivity index (χ0) is 24.2. The summed E-state index contributed by atoms with van der Waals surface area (Å²) in [5, 5.41) is 21.8. The Morgan fingerprint density at radius 3 is 2.12 bits per heavy atom. The maximum Gasteiger partial charge on any atom is 0.416 e. The van der Waals surface area contributed by atoms with Crippen LogP contribution in [0.2, 0.25) is 0 Å². The number of hydrogen-bond acceptors (Lipinski definition) is 5. The number of hydrogen-bond donors (Lipinski definition) is 2. The van der Waals surface area contributed by atoms with E-state index in [1.807, 2.05) is 50.1 Å². The van der Waals surface area contributed by atoms with Gasteiger partial charge in [0.15, 0.2) is 0 Å². The van der Waals surface area contributed by atoms with Gasteiger partial charge in [-0.3, -0.25) is 4.90 Å². The van der Waals surface area contributed by atoms with E-state index in [1.54, 1.807) is 0 Å². The monoisotopic (exact) mass is 466 g/mol. The molecule has 1 aliphatic rings. The Labute approximate surface area is 193 Å². The van der Waals surface area contributed by atoms with Gasteiger partial charge in [-0.25, -0.2) is 0 Å². The molecular formula is C25H33F3N2O3. The Balaban J connectivity index is 1.50. The largest absolute Gasteiger partial charge is 0.491 e. The Bertz CT molecular complexity index is 877. The number of alkyl halides is 3. The lowest BCUT2D eigenvalue weighted by Crippen LogP contribution is -2.54. The molecule has 0 bridgehead atoms. The molecule has 1 fully saturated rings. The van der Waals surface area contributed by atoms with E-state index in [0.717, 1.165) is 29.1 Å². The molecule has 1 heterocycles. The summed E-state index contributed by atoms with van der Waals surface area (Å²) in [6.07, 6.45) is -4.39. The molecule has 0 aliphatic carbocycles. The van der Waals surface area contributed by atoms with Gasteiger partial charge in [-0.15, -0.1) is 0 Å². The lowest BCUT2D eigenvalue weighted by atomic mass is 9.85. The Kier molecular flexibility index (Phi) is 7.92. The van der Waals surface area contributed by atoms with Crippen LogP contribution in [0.3, 0.4) is 0 Å². The van der Waals surface area contributed by atoms with E-state index in [2.05, 4.69) is 4.90 Å². The second kappa shape index (κ2) is 10.3. The summed E-state index contributed by atoms with van der Waals surface area (Å²) < 4.78 is 43.8. The molecule has 182 valence electrons. The topological polar surface area (TPSA) is 56.2 Å². The molecule has 1 aliphatic heterocycles. The third-order valence-electron chi connectivity index (χ3n) is 6.13. The lowest BCUT2D eigenvalue weighted by molar-refractivity contribution is -0.137. The zero-order valence-corrected chi connectivity index (χ0v) is 19.3. The minimum absolute atomic E-state index is 0.0924. The molecule has 1 unspecified atom stereocenters. The van der Waals surface area contributed by atoms with Crippen molar-refractivity contribution in [2.75, 3.05) is 31.6 Å². The summed E-state index contributed by atoms with van der Waals surface area (Å²) in [7, 11) is 1.87. The first-order chi connectivity index (χ1) is 15.5. The minimum Gasteiger partial charge on any atom is -0.491 e. The molecule has 33 heavy (non-hydrogen) atoms. The Morgan fingerprint density at radius 1 is 1.03 bits per heavy atom. The average Bonchev–Trinajstić information content (AvgIpc) is 2.75. The van der Waals surface area contributed by atoms with Crippen molar-refractivity contribution < 1.29 is 28.1 Å². The highest BCUT2D eigenvalue weighted by Crippen LogP contribution is 2.31. The SMILES string of the molecule is CC(C)Oc1ccc(N(C)CC(O)C2(O)CCN(Cc3ccc(C(F)(F)F)cc3)CC2)cc1. The number of rotatable bonds is 8. The fourth-order valence-electron chi connectivity index (χ4n) is 4.08. The molecule has 0 radical (unpaired) electrons. The summed E-state index contributed by atoms with van der Waals surface area (Å²) in [6, 6.07) is 12.8. The smallest absolute Gasteiger partial charge is 0.416 e. The van der Waals surface area contributed by atoms with Crippen molar-refractivity contribution in [1.82, 2.24) is 4.90 Å². The van der Waals surface area contributed by atoms with Gasteiger partial charge in [0.05, 0.1) is 17.3 Å². The predicted molar refractivity (Wildman–Crippen MR) is 122 cm³/mol. The molecule has 0 saturated carbocycles. The molecule has 2 aromatic rings. The van der Waals surface area contributed by atoms with E-state index >= 15 is 0 Å². The number of nitrogens with zero attached hydrogens (tertiary/aromatic N) is 2. The van der Waals surface area contributed by atoms with Crippen LogP contribution in [0.4, 0.5) is 18.9 Å². The van der Waals surface area contributed by atoms with E-state index in [-0.39, 0.29) is 12.6 Å². The van der Waals surface area contributed by atoms with Crippen LogP contribution < -0.4 is 9.64 Å². The van der Waals surface area contributed by atoms with Gasteiger partial charge in [-0.2, -0.15) is 13.2 Å². The van der Waals surface area contributed by atoms with Crippen LogP contribution in [-0.2, 0) is 12.7 Å². The highest BCUT2D eigenvalue weighted by atomic mass is 19.4. The molecule has 0 spiro atoms. The molecular weight excluding hydrogens is 433 g/mol. The van der Waals surface area contributed by atoms with Gasteiger partial charge in [0, 0.05) is 38.9 Å². The van der Waals surface area contributed by atoms with Gasteiger partial charge in [-0.1, -0.05) is 12.1 Å². The average molecular weight is 467 g/mol. The first-order valence-corrected chi connectivity index (χ1v) is 11.2. The molecule has 1 atom stereocenters. The van der Waals surface area contributed by atoms with Gasteiger partial charge in [0.2, 0.25) is 0 Å². The van der Waals surface area contributed by atoms with Crippen molar-refractivity contribution in [3.63, 3.8) is 0 Å². The van der Waals surface area contributed by atoms with Gasteiger partial charge >= 0.3 is 6.18 Å². The first-order valence-electron chi connectivity index (χ1n) is 11.2. The number of piperidine rings is 1. The summed E-state index contributed by atoms with van der Waals surface area (Å²) in [5.74, 6) is 0.779. The van der Waals surface area contributed by atoms with Crippen LogP contribution in [0.25, 0.3) is 0 Å². The van der Waals surface area contributed by atoms with Crippen molar-refractivity contribution in [2.45, 2.75) is 57.2 Å². The van der Waals surface area contributed by atoms with Crippen LogP contribution in [0.5, 0.6) is 5.75 Å². The maximum atomic E-state index is 12.7. The summed E-state index contributed by atoms with van der Waals surface area (Å²) in [6.45, 7) is 5.83. The fraction of sp³-hybridized carbons (Fsp3) is 0.520. The van der Waals surface area contributed by atoms with Crippen molar-refractivity contribution >= 4 is 5.69 Å². The molecule has 1 saturated heterocycles. The second-order valence-corrected chi connectivity index (χ2v) is 9.13. The van der Waals surface area contributed by atoms with E-state index in [0.29, 0.717) is 32.5 Å². The van der Waals surface area contributed by atoms with Gasteiger partial charge in [0.25, 0.3) is 0 Å². The first kappa shape index (κ1) is 25.3. The minimum atomic E-state index is -4.34. The Morgan fingerprint density at radius 2 is 1.61 bits per heavy atom. The number of ether oxygens (including phenoxy) is 1. The number of likely N-dealkylation sites (N-methyl/N-ethyl adjacent to an activating group) is 1. The second-order valence-electron chi connectivity index (χ2n) is 9.13. The molecule has 2 N–H and O–H groups in total. The van der Waals surface area contributed by atoms with Gasteiger partial charge in [0.1, 0.15) is 11.9 Å². The van der Waals surface area contributed by atoms with E-state index in [4.69, 9.17) is 4.74 Å². The number of likely N-dealkylation sites (tertiary alicyclic amines) is 1. The summed E-state index contributed by atoms with van der Waals surface area (Å²) >= 11 is 0. The number of aliphatic hydroxyl groups excluding tert-OH is 1. The summed E-state index contributed by atoms with van der Waals surface area (Å²) in [4.78, 5) is 3.98. The third-order valence-corrected chi connectivity index (χ3v) is 6.13. The number of benzene rings is 2. The van der Waals surface area contributed by atoms with Crippen LogP contribution >= 0.6 is 0 Å². The molecule has 2 aromatic carbocycles. The lowest BCUT2D eigenvalue weighted by Gasteiger charge is -2.42. The number of aliphatic hydroxyl groups is 2. The highest BCUT2D eigenvalue weighted by Gasteiger charge is 2.39. The van der Waals surface area contributed by atoms with Crippen LogP contribution in [0.15, 0.2) is 48.5 Å². The standard InChI is InChI=1S/C25H33F3N2O3/c1-18(2)33-22-10-8-21(9-11-22)29(3)17-23(31)24(32)12-14-30(15-13-24)16-19-4-6-20(7-5-19)25(26,27)28/h4-11,18,23,31-32H,12-17H2,1-3H3. The highest BCUT2D eigenvalue weighted by molar-refractivity contribution is 5.48. The van der Waals surface area contributed by atoms with E-state index < -0.39 is 23.4 Å². The molecule has 3 rings (SSSR count). The Hall–Kier alpha value is -2.29. The van der Waals surface area contributed by atoms with Crippen LogP contribution in [0.1, 0.15) is 37.8 Å². The molecule has 8 heteroatoms. The third kappa shape index (κ3) is 6.85. The van der Waals surface area contributed by atoms with E-state index in [9.17, 15) is 23.4 Å². The van der Waals surface area contributed by atoms with Crippen LogP contribution in [-0.4, -0.2) is 59.6 Å². The van der Waals surface area contributed by atoms with Crippen molar-refractivity contribution in [2.24, 2.45) is 0 Å². The fourth-order valence-corrected chi connectivity index (χ4v) is 4.08. The molecule has 0 amide bonds. The predicted octanol–water partition coefficient (Wildman–Crippen LogP) is 4.32. The van der Waals surface area contributed by atoms with Crippen molar-refractivity contribution in [1.29, 1.82) is 0 Å².